The lowest BCUT2D eigenvalue weighted by Crippen LogP contribution is -2.61. The number of alkyl halides is 9. The minimum atomic E-state index is -7.30. The van der Waals surface area contributed by atoms with Crippen LogP contribution in [0.25, 0.3) is 0 Å². The van der Waals surface area contributed by atoms with Crippen molar-refractivity contribution in [3.63, 3.8) is 0 Å². The van der Waals surface area contributed by atoms with Gasteiger partial charge >= 0.3 is 30.0 Å². The van der Waals surface area contributed by atoms with Crippen molar-refractivity contribution in [2.24, 2.45) is 0 Å². The molecule has 19 heavy (non-hydrogen) atoms. The second-order valence-corrected chi connectivity index (χ2v) is 3.01. The van der Waals surface area contributed by atoms with E-state index in [-0.39, 0.29) is 7.11 Å². The Hall–Kier alpha value is -1.23. The Morgan fingerprint density at radius 2 is 1.11 bits per heavy atom. The Morgan fingerprint density at radius 1 is 0.737 bits per heavy atom. The van der Waals surface area contributed by atoms with Crippen molar-refractivity contribution in [3.05, 3.63) is 11.8 Å². The maximum absolute atomic E-state index is 12.6. The molecule has 0 aromatic rings. The van der Waals surface area contributed by atoms with E-state index in [0.717, 1.165) is 0 Å². The predicted molar refractivity (Wildman–Crippen MR) is 37.1 cm³/mol. The summed E-state index contributed by atoms with van der Waals surface area (Å²) in [7, 11) is 0.158. The molecule has 0 fully saturated rings. The zero-order chi connectivity index (χ0) is 15.9. The van der Waals surface area contributed by atoms with Crippen LogP contribution in [0.15, 0.2) is 11.8 Å². The third kappa shape index (κ3) is 2.56. The minimum absolute atomic E-state index is 0.158. The SMILES string of the molecule is CO/C(F)=C(\F)C(F)(F)C(F)(F)C(F)(F)C(F)(F)F. The van der Waals surface area contributed by atoms with Crippen molar-refractivity contribution in [1.82, 2.24) is 0 Å². The summed E-state index contributed by atoms with van der Waals surface area (Å²) >= 11 is 0. The fourth-order valence-corrected chi connectivity index (χ4v) is 0.726. The van der Waals surface area contributed by atoms with Gasteiger partial charge < -0.3 is 4.74 Å². The van der Waals surface area contributed by atoms with Gasteiger partial charge in [0.05, 0.1) is 7.11 Å². The Balaban J connectivity index is 5.92. The molecular formula is C7H3F11O. The first-order valence-electron chi connectivity index (χ1n) is 3.94. The summed E-state index contributed by atoms with van der Waals surface area (Å²) in [4.78, 5) is 0. The maximum atomic E-state index is 12.6. The van der Waals surface area contributed by atoms with Crippen LogP contribution in [0.4, 0.5) is 48.3 Å². The smallest absolute Gasteiger partial charge is 0.460 e. The number of allylic oxidation sites excluding steroid dienone is 1. The molecule has 12 heteroatoms. The van der Waals surface area contributed by atoms with Crippen molar-refractivity contribution >= 4 is 0 Å². The van der Waals surface area contributed by atoms with Gasteiger partial charge in [-0.3, -0.25) is 0 Å². The summed E-state index contributed by atoms with van der Waals surface area (Å²) in [6.45, 7) is 0. The molecule has 0 unspecified atom stereocenters. The molecule has 1 nitrogen and oxygen atoms in total. The monoisotopic (exact) mass is 312 g/mol. The van der Waals surface area contributed by atoms with Gasteiger partial charge in [-0.2, -0.15) is 48.3 Å². The number of hydrogen-bond donors (Lipinski definition) is 0. The molecule has 0 atom stereocenters. The highest BCUT2D eigenvalue weighted by molar-refractivity contribution is 5.16. The summed E-state index contributed by atoms with van der Waals surface area (Å²) in [6, 6.07) is -3.05. The fraction of sp³-hybridized carbons (Fsp3) is 0.714. The molecule has 0 aromatic heterocycles. The molecule has 0 aliphatic carbocycles. The summed E-state index contributed by atoms with van der Waals surface area (Å²) in [5.74, 6) is -25.2. The van der Waals surface area contributed by atoms with Gasteiger partial charge in [0.15, 0.2) is 0 Å². The molecular weight excluding hydrogens is 309 g/mol. The van der Waals surface area contributed by atoms with Crippen LogP contribution >= 0.6 is 0 Å². The Morgan fingerprint density at radius 3 is 1.37 bits per heavy atom. The average molecular weight is 312 g/mol. The van der Waals surface area contributed by atoms with E-state index >= 15 is 0 Å². The van der Waals surface area contributed by atoms with Crippen LogP contribution in [0.1, 0.15) is 0 Å². The molecule has 114 valence electrons. The van der Waals surface area contributed by atoms with Gasteiger partial charge in [0.2, 0.25) is 5.83 Å². The van der Waals surface area contributed by atoms with Gasteiger partial charge in [0.25, 0.3) is 0 Å². The average Bonchev–Trinajstić information content (AvgIpc) is 2.24. The molecule has 0 aliphatic heterocycles. The number of halogens is 11. The Labute approximate surface area is 97.2 Å². The van der Waals surface area contributed by atoms with Gasteiger partial charge in [-0.25, -0.2) is 0 Å². The van der Waals surface area contributed by atoms with Crippen LogP contribution in [-0.2, 0) is 4.74 Å². The normalized spacial score (nSPS) is 16.2. The highest BCUT2D eigenvalue weighted by Gasteiger charge is 2.83. The summed E-state index contributed by atoms with van der Waals surface area (Å²) < 4.78 is 137. The lowest BCUT2D eigenvalue weighted by Gasteiger charge is -2.32. The van der Waals surface area contributed by atoms with E-state index in [2.05, 4.69) is 4.74 Å². The Kier molecular flexibility index (Phi) is 4.40. The first-order chi connectivity index (χ1) is 8.14. The van der Waals surface area contributed by atoms with Gasteiger partial charge in [0.1, 0.15) is 0 Å². The molecule has 0 radical (unpaired) electrons. The van der Waals surface area contributed by atoms with Crippen LogP contribution in [-0.4, -0.2) is 31.1 Å². The molecule has 0 aliphatic rings. The van der Waals surface area contributed by atoms with Crippen LogP contribution in [0.2, 0.25) is 0 Å². The van der Waals surface area contributed by atoms with E-state index in [0.29, 0.717) is 0 Å². The topological polar surface area (TPSA) is 9.23 Å². The zero-order valence-electron chi connectivity index (χ0n) is 8.57. The zero-order valence-corrected chi connectivity index (χ0v) is 8.57. The fourth-order valence-electron chi connectivity index (χ4n) is 0.726. The van der Waals surface area contributed by atoms with Gasteiger partial charge in [-0.05, 0) is 0 Å². The molecule has 0 aromatic carbocycles. The standard InChI is InChI=1S/C7H3F11O/c1-19-3(9)2(8)4(10,11)5(12,13)6(14,15)7(16,17)18/h1H3/b3-2-. The van der Waals surface area contributed by atoms with E-state index in [4.69, 9.17) is 0 Å². The van der Waals surface area contributed by atoms with Crippen LogP contribution < -0.4 is 0 Å². The first kappa shape index (κ1) is 17.8. The third-order valence-corrected chi connectivity index (χ3v) is 1.77. The number of methoxy groups -OCH3 is 1. The minimum Gasteiger partial charge on any atom is -0.472 e. The van der Waals surface area contributed by atoms with Gasteiger partial charge in [-0.15, -0.1) is 0 Å². The predicted octanol–water partition coefficient (Wildman–Crippen LogP) is 4.21. The maximum Gasteiger partial charge on any atom is 0.460 e. The van der Waals surface area contributed by atoms with E-state index in [1.54, 1.807) is 0 Å². The van der Waals surface area contributed by atoms with Crippen molar-refractivity contribution < 1.29 is 53.0 Å². The Bertz CT molecular complexity index is 366. The van der Waals surface area contributed by atoms with Crippen LogP contribution in [0.3, 0.4) is 0 Å². The van der Waals surface area contributed by atoms with Gasteiger partial charge in [-0.1, -0.05) is 0 Å². The molecule has 0 N–H and O–H groups in total. The number of rotatable bonds is 4. The van der Waals surface area contributed by atoms with E-state index in [1.807, 2.05) is 0 Å². The lowest BCUT2D eigenvalue weighted by molar-refractivity contribution is -0.392. The number of hydrogen-bond acceptors (Lipinski definition) is 1. The summed E-state index contributed by atoms with van der Waals surface area (Å²) in [6.07, 6.45) is -7.11. The lowest BCUT2D eigenvalue weighted by atomic mass is 10.0. The third-order valence-electron chi connectivity index (χ3n) is 1.77. The molecule has 0 saturated carbocycles. The largest absolute Gasteiger partial charge is 0.472 e. The van der Waals surface area contributed by atoms with Gasteiger partial charge in [0, 0.05) is 0 Å². The highest BCUT2D eigenvalue weighted by Crippen LogP contribution is 2.55. The van der Waals surface area contributed by atoms with E-state index in [9.17, 15) is 48.3 Å². The van der Waals surface area contributed by atoms with Crippen molar-refractivity contribution in [3.8, 4) is 0 Å². The molecule has 0 bridgehead atoms. The molecule has 0 spiro atoms. The molecule has 0 rings (SSSR count). The van der Waals surface area contributed by atoms with Crippen LogP contribution in [0.5, 0.6) is 0 Å². The summed E-state index contributed by atoms with van der Waals surface area (Å²) in [5.41, 5.74) is 0. The molecule has 0 heterocycles. The molecule has 0 amide bonds. The highest BCUT2D eigenvalue weighted by atomic mass is 19.4. The second-order valence-electron chi connectivity index (χ2n) is 3.01. The van der Waals surface area contributed by atoms with Crippen molar-refractivity contribution in [1.29, 1.82) is 0 Å². The number of ether oxygens (including phenoxy) is 1. The van der Waals surface area contributed by atoms with E-state index < -0.39 is 35.8 Å². The van der Waals surface area contributed by atoms with E-state index in [1.165, 1.54) is 0 Å². The van der Waals surface area contributed by atoms with Crippen molar-refractivity contribution in [2.45, 2.75) is 23.9 Å². The van der Waals surface area contributed by atoms with Crippen LogP contribution in [0, 0.1) is 0 Å². The quantitative estimate of drug-likeness (QED) is 0.558. The first-order valence-corrected chi connectivity index (χ1v) is 3.94. The van der Waals surface area contributed by atoms with Crippen molar-refractivity contribution in [2.75, 3.05) is 7.11 Å². The summed E-state index contributed by atoms with van der Waals surface area (Å²) in [5, 5.41) is 0. The molecule has 0 saturated heterocycles. The second kappa shape index (κ2) is 4.71.